The van der Waals surface area contributed by atoms with E-state index in [1.807, 2.05) is 17.5 Å². The molecule has 2 heterocycles. The van der Waals surface area contributed by atoms with Crippen LogP contribution in [-0.2, 0) is 0 Å². The lowest BCUT2D eigenvalue weighted by atomic mass is 9.91. The summed E-state index contributed by atoms with van der Waals surface area (Å²) in [6.45, 7) is 6.46. The van der Waals surface area contributed by atoms with Crippen molar-refractivity contribution in [2.75, 3.05) is 18.0 Å². The maximum absolute atomic E-state index is 12.7. The van der Waals surface area contributed by atoms with Crippen LogP contribution in [0.3, 0.4) is 0 Å². The zero-order valence-electron chi connectivity index (χ0n) is 11.7. The Labute approximate surface area is 128 Å². The Morgan fingerprint density at radius 3 is 2.65 bits per heavy atom. The molecule has 1 aliphatic heterocycles. The van der Waals surface area contributed by atoms with Crippen LogP contribution in [0.2, 0.25) is 5.02 Å². The smallest absolute Gasteiger partial charge is 0.211 e. The van der Waals surface area contributed by atoms with Gasteiger partial charge in [-0.25, -0.2) is 0 Å². The Balaban J connectivity index is 2.08. The first kappa shape index (κ1) is 13.9. The van der Waals surface area contributed by atoms with Gasteiger partial charge in [-0.05, 0) is 36.5 Å². The van der Waals surface area contributed by atoms with Crippen molar-refractivity contribution in [2.24, 2.45) is 11.8 Å². The molecule has 0 aliphatic carbocycles. The summed E-state index contributed by atoms with van der Waals surface area (Å²) in [6, 6.07) is 5.55. The molecule has 106 valence electrons. The summed E-state index contributed by atoms with van der Waals surface area (Å²) in [5.41, 5.74) is 0.950. The summed E-state index contributed by atoms with van der Waals surface area (Å²) in [5.74, 6) is 1.27. The molecule has 1 aromatic heterocycles. The predicted octanol–water partition coefficient (Wildman–Crippen LogP) is 4.40. The van der Waals surface area contributed by atoms with Crippen LogP contribution >= 0.6 is 22.9 Å². The summed E-state index contributed by atoms with van der Waals surface area (Å²) in [4.78, 5) is 14.9. The third kappa shape index (κ3) is 2.57. The van der Waals surface area contributed by atoms with E-state index < -0.39 is 0 Å². The fraction of sp³-hybridized carbons (Fsp3) is 0.438. The molecule has 1 saturated heterocycles. The molecule has 1 aromatic carbocycles. The van der Waals surface area contributed by atoms with E-state index in [1.165, 1.54) is 6.42 Å². The van der Waals surface area contributed by atoms with Crippen molar-refractivity contribution in [1.29, 1.82) is 0 Å². The van der Waals surface area contributed by atoms with Crippen LogP contribution in [0, 0.1) is 11.8 Å². The highest BCUT2D eigenvalue weighted by Crippen LogP contribution is 2.28. The molecule has 20 heavy (non-hydrogen) atoms. The van der Waals surface area contributed by atoms with Crippen LogP contribution < -0.4 is 10.3 Å². The van der Waals surface area contributed by atoms with Gasteiger partial charge in [0.15, 0.2) is 0 Å². The highest BCUT2D eigenvalue weighted by atomic mass is 35.5. The van der Waals surface area contributed by atoms with Crippen molar-refractivity contribution >= 4 is 38.7 Å². The maximum Gasteiger partial charge on any atom is 0.211 e. The van der Waals surface area contributed by atoms with Gasteiger partial charge in [0.25, 0.3) is 0 Å². The molecule has 0 saturated carbocycles. The number of hydrogen-bond donors (Lipinski definition) is 0. The van der Waals surface area contributed by atoms with Gasteiger partial charge in [0, 0.05) is 33.6 Å². The fourth-order valence-electron chi connectivity index (χ4n) is 3.17. The van der Waals surface area contributed by atoms with Crippen LogP contribution in [0.5, 0.6) is 0 Å². The fourth-order valence-corrected chi connectivity index (χ4v) is 4.26. The summed E-state index contributed by atoms with van der Waals surface area (Å²) in [7, 11) is 0. The van der Waals surface area contributed by atoms with E-state index in [2.05, 4.69) is 18.7 Å². The summed E-state index contributed by atoms with van der Waals surface area (Å²) in [5, 5.41) is 3.37. The minimum atomic E-state index is 0.113. The predicted molar refractivity (Wildman–Crippen MR) is 88.3 cm³/mol. The van der Waals surface area contributed by atoms with Crippen molar-refractivity contribution in [2.45, 2.75) is 20.3 Å². The van der Waals surface area contributed by atoms with Gasteiger partial charge in [0.1, 0.15) is 0 Å². The average Bonchev–Trinajstić information content (AvgIpc) is 2.38. The molecule has 1 fully saturated rings. The van der Waals surface area contributed by atoms with Gasteiger partial charge in [-0.2, -0.15) is 0 Å². The Morgan fingerprint density at radius 1 is 1.25 bits per heavy atom. The second-order valence-corrected chi connectivity index (χ2v) is 7.29. The molecule has 0 amide bonds. The van der Waals surface area contributed by atoms with Gasteiger partial charge < -0.3 is 4.90 Å². The molecule has 0 N–H and O–H groups in total. The number of nitrogens with zero attached hydrogens (tertiary/aromatic N) is 1. The van der Waals surface area contributed by atoms with E-state index in [-0.39, 0.29) is 5.43 Å². The molecule has 1 aliphatic rings. The molecular formula is C16H18ClNOS. The third-order valence-corrected chi connectivity index (χ3v) is 5.11. The van der Waals surface area contributed by atoms with Gasteiger partial charge in [-0.1, -0.05) is 25.4 Å². The van der Waals surface area contributed by atoms with Crippen LogP contribution in [0.4, 0.5) is 5.69 Å². The van der Waals surface area contributed by atoms with Gasteiger partial charge in [-0.3, -0.25) is 4.79 Å². The van der Waals surface area contributed by atoms with Crippen molar-refractivity contribution in [3.05, 3.63) is 38.8 Å². The molecule has 3 rings (SSSR count). The first-order valence-electron chi connectivity index (χ1n) is 7.00. The molecule has 4 heteroatoms. The third-order valence-electron chi connectivity index (χ3n) is 3.93. The monoisotopic (exact) mass is 307 g/mol. The number of fused-ring (bicyclic) bond motifs is 1. The van der Waals surface area contributed by atoms with Gasteiger partial charge in [0.05, 0.1) is 5.69 Å². The quantitative estimate of drug-likeness (QED) is 0.778. The minimum absolute atomic E-state index is 0.113. The number of anilines is 1. The lowest BCUT2D eigenvalue weighted by molar-refractivity contribution is 0.356. The zero-order valence-corrected chi connectivity index (χ0v) is 13.3. The zero-order chi connectivity index (χ0) is 14.3. The highest BCUT2D eigenvalue weighted by Gasteiger charge is 2.24. The van der Waals surface area contributed by atoms with E-state index in [9.17, 15) is 4.79 Å². The molecule has 0 unspecified atom stereocenters. The Bertz CT molecular complexity index is 686. The Kier molecular flexibility index (Phi) is 3.74. The Hall–Kier alpha value is -1.06. The summed E-state index contributed by atoms with van der Waals surface area (Å²) < 4.78 is 1.00. The van der Waals surface area contributed by atoms with Crippen molar-refractivity contribution < 1.29 is 0 Å². The van der Waals surface area contributed by atoms with E-state index in [4.69, 9.17) is 11.6 Å². The first-order chi connectivity index (χ1) is 9.54. The van der Waals surface area contributed by atoms with E-state index in [1.54, 1.807) is 17.4 Å². The van der Waals surface area contributed by atoms with Crippen LogP contribution in [0.1, 0.15) is 20.3 Å². The van der Waals surface area contributed by atoms with E-state index in [0.717, 1.165) is 28.9 Å². The normalized spacial score (nSPS) is 23.2. The number of hydrogen-bond acceptors (Lipinski definition) is 3. The minimum Gasteiger partial charge on any atom is -0.367 e. The first-order valence-corrected chi connectivity index (χ1v) is 8.26. The molecule has 2 aromatic rings. The number of piperidine rings is 1. The average molecular weight is 308 g/mol. The van der Waals surface area contributed by atoms with Crippen LogP contribution in [0.25, 0.3) is 10.1 Å². The summed E-state index contributed by atoms with van der Waals surface area (Å²) in [6.07, 6.45) is 1.24. The largest absolute Gasteiger partial charge is 0.367 e. The van der Waals surface area contributed by atoms with Crippen LogP contribution in [-0.4, -0.2) is 13.1 Å². The molecule has 0 spiro atoms. The van der Waals surface area contributed by atoms with Gasteiger partial charge in [-0.15, -0.1) is 11.3 Å². The van der Waals surface area contributed by atoms with Gasteiger partial charge >= 0.3 is 0 Å². The Morgan fingerprint density at radius 2 is 1.95 bits per heavy atom. The molecule has 2 atom stereocenters. The highest BCUT2D eigenvalue weighted by molar-refractivity contribution is 7.16. The van der Waals surface area contributed by atoms with Crippen molar-refractivity contribution in [3.8, 4) is 0 Å². The second kappa shape index (κ2) is 5.38. The number of benzene rings is 1. The maximum atomic E-state index is 12.7. The van der Waals surface area contributed by atoms with Crippen LogP contribution in [0.15, 0.2) is 28.4 Å². The van der Waals surface area contributed by atoms with E-state index >= 15 is 0 Å². The van der Waals surface area contributed by atoms with Crippen molar-refractivity contribution in [1.82, 2.24) is 0 Å². The molecule has 0 bridgehead atoms. The molecular weight excluding hydrogens is 290 g/mol. The number of halogens is 1. The van der Waals surface area contributed by atoms with E-state index in [0.29, 0.717) is 16.9 Å². The van der Waals surface area contributed by atoms with Crippen molar-refractivity contribution in [3.63, 3.8) is 0 Å². The van der Waals surface area contributed by atoms with Gasteiger partial charge in [0.2, 0.25) is 5.43 Å². The lowest BCUT2D eigenvalue weighted by Gasteiger charge is -2.36. The number of rotatable bonds is 1. The second-order valence-electron chi connectivity index (χ2n) is 5.94. The summed E-state index contributed by atoms with van der Waals surface area (Å²) >= 11 is 7.65. The molecule has 2 nitrogen and oxygen atoms in total. The molecule has 0 radical (unpaired) electrons. The lowest BCUT2D eigenvalue weighted by Crippen LogP contribution is -2.40. The SMILES string of the molecule is C[C@H]1C[C@H](C)CN(c2csc3ccc(Cl)cc3c2=O)C1. The standard InChI is InChI=1S/C16H18ClNOS/c1-10-5-11(2)8-18(7-10)14-9-20-15-4-3-12(17)6-13(15)16(14)19/h3-4,6,9-11H,5,7-8H2,1-2H3/t10-,11-/m0/s1. The topological polar surface area (TPSA) is 20.3 Å².